The number of nitrogens with zero attached hydrogens (tertiary/aromatic N) is 4. The summed E-state index contributed by atoms with van der Waals surface area (Å²) in [6, 6.07) is 51.0. The highest BCUT2D eigenvalue weighted by Gasteiger charge is 2.40. The molecule has 4 nitrogen and oxygen atoms in total. The number of allylic oxidation sites excluding steroid dienone is 12. The van der Waals surface area contributed by atoms with Gasteiger partial charge in [-0.1, -0.05) is 105 Å². The summed E-state index contributed by atoms with van der Waals surface area (Å²) >= 11 is 0. The van der Waals surface area contributed by atoms with Crippen LogP contribution >= 0.6 is 0 Å². The van der Waals surface area contributed by atoms with Gasteiger partial charge in [-0.15, -0.1) is 0 Å². The first-order valence-corrected chi connectivity index (χ1v) is 21.5. The second-order valence-corrected chi connectivity index (χ2v) is 17.0. The maximum Gasteiger partial charge on any atom is 0.137 e. The number of benzene rings is 5. The summed E-state index contributed by atoms with van der Waals surface area (Å²) in [4.78, 5) is 9.81. The first-order valence-electron chi connectivity index (χ1n) is 21.5. The molecule has 0 fully saturated rings. The number of pyridine rings is 1. The van der Waals surface area contributed by atoms with Gasteiger partial charge in [-0.2, -0.15) is 0 Å². The van der Waals surface area contributed by atoms with Gasteiger partial charge in [0.15, 0.2) is 0 Å². The van der Waals surface area contributed by atoms with Crippen LogP contribution in [0.1, 0.15) is 52.4 Å². The Morgan fingerprint density at radius 3 is 1.95 bits per heavy atom. The maximum atomic E-state index is 4.79. The number of hydrogen-bond donors (Lipinski definition) is 0. The Balaban J connectivity index is 1.14. The zero-order valence-corrected chi connectivity index (χ0v) is 34.4. The highest BCUT2D eigenvalue weighted by molar-refractivity contribution is 6.10. The highest BCUT2D eigenvalue weighted by Crippen LogP contribution is 2.55. The predicted molar refractivity (Wildman–Crippen MR) is 251 cm³/mol. The average molecular weight is 777 g/mol. The van der Waals surface area contributed by atoms with Crippen molar-refractivity contribution in [2.75, 3.05) is 9.80 Å². The van der Waals surface area contributed by atoms with Crippen LogP contribution in [0.25, 0.3) is 38.8 Å². The Hall–Kier alpha value is -6.91. The summed E-state index contributed by atoms with van der Waals surface area (Å²) in [5, 5.41) is 2.43. The number of anilines is 4. The van der Waals surface area contributed by atoms with E-state index in [1.165, 1.54) is 50.1 Å². The fourth-order valence-corrected chi connectivity index (χ4v) is 10.3. The van der Waals surface area contributed by atoms with Crippen LogP contribution in [0.3, 0.4) is 0 Å². The largest absolute Gasteiger partial charge is 0.314 e. The molecule has 0 N–H and O–H groups in total. The van der Waals surface area contributed by atoms with Crippen LogP contribution < -0.4 is 9.80 Å². The molecule has 0 radical (unpaired) electrons. The molecule has 11 rings (SSSR count). The Morgan fingerprint density at radius 1 is 0.533 bits per heavy atom. The molecule has 2 aromatic heterocycles. The lowest BCUT2D eigenvalue weighted by atomic mass is 9.77. The molecule has 7 aromatic rings. The second-order valence-electron chi connectivity index (χ2n) is 17.0. The summed E-state index contributed by atoms with van der Waals surface area (Å²) in [5.74, 6) is 0.920. The molecule has 0 amide bonds. The Labute approximate surface area is 353 Å². The van der Waals surface area contributed by atoms with Crippen LogP contribution in [0.5, 0.6) is 0 Å². The Morgan fingerprint density at radius 2 is 1.22 bits per heavy atom. The second kappa shape index (κ2) is 14.7. The summed E-state index contributed by atoms with van der Waals surface area (Å²) in [6.07, 6.45) is 22.3. The van der Waals surface area contributed by atoms with Crippen LogP contribution in [0.4, 0.5) is 22.7 Å². The average Bonchev–Trinajstić information content (AvgIpc) is 3.75. The lowest BCUT2D eigenvalue weighted by molar-refractivity contribution is 0.566. The van der Waals surface area contributed by atoms with Crippen molar-refractivity contribution in [2.24, 2.45) is 5.41 Å². The predicted octanol–water partition coefficient (Wildman–Crippen LogP) is 15.0. The molecule has 0 bridgehead atoms. The van der Waals surface area contributed by atoms with E-state index in [0.717, 1.165) is 72.4 Å². The first-order chi connectivity index (χ1) is 29.5. The number of fused-ring (bicyclic) bond motifs is 4. The zero-order valence-electron chi connectivity index (χ0n) is 34.4. The van der Waals surface area contributed by atoms with Gasteiger partial charge in [-0.05, 0) is 157 Å². The van der Waals surface area contributed by atoms with E-state index in [1.807, 2.05) is 12.3 Å². The van der Waals surface area contributed by atoms with Crippen LogP contribution in [-0.4, -0.2) is 9.55 Å². The minimum atomic E-state index is -0.0302. The monoisotopic (exact) mass is 776 g/mol. The minimum Gasteiger partial charge on any atom is -0.314 e. The van der Waals surface area contributed by atoms with Crippen molar-refractivity contribution in [1.29, 1.82) is 0 Å². The van der Waals surface area contributed by atoms with Gasteiger partial charge < -0.3 is 9.80 Å². The molecule has 4 aliphatic rings. The molecule has 60 heavy (non-hydrogen) atoms. The molecule has 4 aliphatic carbocycles. The van der Waals surface area contributed by atoms with Crippen LogP contribution in [0.15, 0.2) is 216 Å². The standard InChI is InChI=1S/C56H48N4/c1-56(2)51-26-14-12-24-47(51)48-31-30-44(38-52(48)56)59(43-22-10-5-11-23-43)46-35-40(34-45(37-46)58(41-18-6-3-7-19-41)42-20-8-4-9-21-42)39-29-32-54-50(36-39)49-25-13-15-27-53(49)60(54)55-28-16-17-33-57-55/h3-8,10-11,13-20,22-23,25-29,32-38H,9,12,21,24,30-31H2,1-2H3. The van der Waals surface area contributed by atoms with E-state index in [9.17, 15) is 0 Å². The number of rotatable bonds is 8. The van der Waals surface area contributed by atoms with Gasteiger partial charge in [0, 0.05) is 56.5 Å². The molecule has 4 heteroatoms. The molecular weight excluding hydrogens is 729 g/mol. The summed E-state index contributed by atoms with van der Waals surface area (Å²) < 4.78 is 2.29. The van der Waals surface area contributed by atoms with Gasteiger partial charge in [-0.25, -0.2) is 4.98 Å². The lowest BCUT2D eigenvalue weighted by Crippen LogP contribution is -2.22. The van der Waals surface area contributed by atoms with E-state index in [-0.39, 0.29) is 5.41 Å². The zero-order chi connectivity index (χ0) is 40.2. The van der Waals surface area contributed by atoms with Crippen molar-refractivity contribution in [3.63, 3.8) is 0 Å². The van der Waals surface area contributed by atoms with Gasteiger partial charge in [0.2, 0.25) is 0 Å². The molecule has 0 saturated carbocycles. The van der Waals surface area contributed by atoms with Gasteiger partial charge in [0.25, 0.3) is 0 Å². The first kappa shape index (κ1) is 36.2. The fraction of sp³-hybridized carbons (Fsp3) is 0.161. The van der Waals surface area contributed by atoms with Crippen LogP contribution in [0, 0.1) is 5.41 Å². The van der Waals surface area contributed by atoms with Crippen molar-refractivity contribution in [1.82, 2.24) is 9.55 Å². The van der Waals surface area contributed by atoms with Crippen LogP contribution in [-0.2, 0) is 0 Å². The minimum absolute atomic E-state index is 0.0302. The van der Waals surface area contributed by atoms with Gasteiger partial charge in [0.1, 0.15) is 5.82 Å². The number of hydrogen-bond acceptors (Lipinski definition) is 3. The van der Waals surface area contributed by atoms with Crippen molar-refractivity contribution in [3.05, 3.63) is 216 Å². The van der Waals surface area contributed by atoms with E-state index in [2.05, 4.69) is 198 Å². The van der Waals surface area contributed by atoms with Crippen molar-refractivity contribution in [3.8, 4) is 16.9 Å². The van der Waals surface area contributed by atoms with Crippen LogP contribution in [0.2, 0.25) is 0 Å². The smallest absolute Gasteiger partial charge is 0.137 e. The molecule has 2 heterocycles. The summed E-state index contributed by atoms with van der Waals surface area (Å²) in [5.41, 5.74) is 18.0. The molecule has 0 saturated heterocycles. The van der Waals surface area contributed by atoms with E-state index in [4.69, 9.17) is 4.98 Å². The van der Waals surface area contributed by atoms with E-state index in [1.54, 1.807) is 11.1 Å². The third kappa shape index (κ3) is 6.09. The topological polar surface area (TPSA) is 24.3 Å². The molecule has 292 valence electrons. The van der Waals surface area contributed by atoms with Gasteiger partial charge >= 0.3 is 0 Å². The Kier molecular flexibility index (Phi) is 8.88. The van der Waals surface area contributed by atoms with E-state index >= 15 is 0 Å². The third-order valence-corrected chi connectivity index (χ3v) is 13.0. The number of aromatic nitrogens is 2. The SMILES string of the molecule is CC1(C)C2=C(CCC=C2)C2=C1C=C(N(c1ccccc1)c1cc(-c3ccc4c(c3)c3ccccc3n4-c3ccccn3)cc(N(C3=CC=CCC3)c3ccccc3)c1)CC2. The summed E-state index contributed by atoms with van der Waals surface area (Å²) in [7, 11) is 0. The van der Waals surface area contributed by atoms with Crippen molar-refractivity contribution < 1.29 is 0 Å². The molecule has 0 spiro atoms. The quantitative estimate of drug-likeness (QED) is 0.154. The molecule has 0 aliphatic heterocycles. The van der Waals surface area contributed by atoms with E-state index in [0.29, 0.717) is 0 Å². The molecule has 0 unspecified atom stereocenters. The molecular formula is C56H48N4. The Bertz CT molecular complexity index is 2990. The van der Waals surface area contributed by atoms with Crippen molar-refractivity contribution in [2.45, 2.75) is 52.4 Å². The summed E-state index contributed by atoms with van der Waals surface area (Å²) in [6.45, 7) is 4.85. The van der Waals surface area contributed by atoms with Gasteiger partial charge in [0.05, 0.1) is 11.0 Å². The molecule has 5 aromatic carbocycles. The lowest BCUT2D eigenvalue weighted by Gasteiger charge is -2.35. The third-order valence-electron chi connectivity index (χ3n) is 13.0. The fourth-order valence-electron chi connectivity index (χ4n) is 10.3. The molecule has 0 atom stereocenters. The van der Waals surface area contributed by atoms with Gasteiger partial charge in [-0.3, -0.25) is 4.57 Å². The number of para-hydroxylation sites is 3. The van der Waals surface area contributed by atoms with E-state index < -0.39 is 0 Å². The maximum absolute atomic E-state index is 4.79. The van der Waals surface area contributed by atoms with Crippen molar-refractivity contribution >= 4 is 44.6 Å². The normalized spacial score (nSPS) is 16.8. The highest BCUT2D eigenvalue weighted by atomic mass is 15.2.